The second-order valence-electron chi connectivity index (χ2n) is 5.48. The number of nitrogens with one attached hydrogen (secondary N) is 1. The highest BCUT2D eigenvalue weighted by Crippen LogP contribution is 2.44. The van der Waals surface area contributed by atoms with E-state index in [9.17, 15) is 4.79 Å². The van der Waals surface area contributed by atoms with Crippen LogP contribution in [0.1, 0.15) is 51.9 Å². The number of hydrogen-bond acceptors (Lipinski definition) is 2. The van der Waals surface area contributed by atoms with Gasteiger partial charge >= 0.3 is 5.97 Å². The summed E-state index contributed by atoms with van der Waals surface area (Å²) in [4.78, 5) is 11.1. The van der Waals surface area contributed by atoms with Crippen LogP contribution in [0.5, 0.6) is 0 Å². The molecule has 3 heteroatoms. The molecule has 3 unspecified atom stereocenters. The number of rotatable bonds is 6. The van der Waals surface area contributed by atoms with Crippen molar-refractivity contribution in [1.82, 2.24) is 5.32 Å². The highest BCUT2D eigenvalue weighted by atomic mass is 16.4. The molecule has 0 aromatic rings. The molecule has 2 aliphatic rings. The van der Waals surface area contributed by atoms with E-state index in [0.29, 0.717) is 6.04 Å². The maximum atomic E-state index is 11.1. The number of carboxylic acid groups (broad SMARTS) is 1. The van der Waals surface area contributed by atoms with E-state index in [0.717, 1.165) is 31.1 Å². The average molecular weight is 225 g/mol. The van der Waals surface area contributed by atoms with Gasteiger partial charge in [-0.3, -0.25) is 4.79 Å². The van der Waals surface area contributed by atoms with Gasteiger partial charge in [0.2, 0.25) is 0 Å². The standard InChI is InChI=1S/C13H23NO2/c1-2-3-4-11(13(15)16)14-12-8-9-5-6-10(12)7-9/h9-12,14H,2-8H2,1H3,(H,15,16)/t9?,10?,11-,12?/m0/s1. The molecule has 0 aliphatic heterocycles. The lowest BCUT2D eigenvalue weighted by atomic mass is 9.94. The van der Waals surface area contributed by atoms with Crippen molar-refractivity contribution in [2.24, 2.45) is 11.8 Å². The van der Waals surface area contributed by atoms with Gasteiger partial charge in [-0.2, -0.15) is 0 Å². The van der Waals surface area contributed by atoms with Gasteiger partial charge < -0.3 is 10.4 Å². The summed E-state index contributed by atoms with van der Waals surface area (Å²) in [5, 5.41) is 12.5. The molecule has 2 N–H and O–H groups in total. The lowest BCUT2D eigenvalue weighted by Gasteiger charge is -2.26. The fraction of sp³-hybridized carbons (Fsp3) is 0.923. The third-order valence-electron chi connectivity index (χ3n) is 4.30. The fourth-order valence-electron chi connectivity index (χ4n) is 3.39. The van der Waals surface area contributed by atoms with Gasteiger partial charge in [-0.1, -0.05) is 26.2 Å². The second-order valence-corrected chi connectivity index (χ2v) is 5.48. The summed E-state index contributed by atoms with van der Waals surface area (Å²) in [5.74, 6) is 0.966. The van der Waals surface area contributed by atoms with E-state index in [1.165, 1.54) is 25.7 Å². The van der Waals surface area contributed by atoms with Gasteiger partial charge in [0.15, 0.2) is 0 Å². The summed E-state index contributed by atoms with van der Waals surface area (Å²) < 4.78 is 0. The minimum atomic E-state index is -0.670. The molecule has 0 amide bonds. The van der Waals surface area contributed by atoms with Crippen LogP contribution in [0.25, 0.3) is 0 Å². The largest absolute Gasteiger partial charge is 0.480 e. The lowest BCUT2D eigenvalue weighted by Crippen LogP contribution is -2.45. The summed E-state index contributed by atoms with van der Waals surface area (Å²) in [6, 6.07) is 0.168. The summed E-state index contributed by atoms with van der Waals surface area (Å²) in [7, 11) is 0. The Morgan fingerprint density at radius 2 is 2.25 bits per heavy atom. The van der Waals surface area contributed by atoms with Crippen LogP contribution < -0.4 is 5.32 Å². The van der Waals surface area contributed by atoms with Crippen molar-refractivity contribution in [3.63, 3.8) is 0 Å². The molecule has 0 aromatic carbocycles. The highest BCUT2D eigenvalue weighted by molar-refractivity contribution is 5.73. The Balaban J connectivity index is 1.83. The van der Waals surface area contributed by atoms with Gasteiger partial charge in [-0.05, 0) is 37.5 Å². The molecule has 16 heavy (non-hydrogen) atoms. The fourth-order valence-corrected chi connectivity index (χ4v) is 3.39. The van der Waals surface area contributed by atoms with Gasteiger partial charge in [0, 0.05) is 6.04 Å². The molecule has 2 rings (SSSR count). The number of fused-ring (bicyclic) bond motifs is 2. The first-order chi connectivity index (χ1) is 7.70. The Labute approximate surface area is 97.6 Å². The monoisotopic (exact) mass is 225 g/mol. The Hall–Kier alpha value is -0.570. The van der Waals surface area contributed by atoms with E-state index in [2.05, 4.69) is 12.2 Å². The average Bonchev–Trinajstić information content (AvgIpc) is 2.85. The Morgan fingerprint density at radius 3 is 2.75 bits per heavy atom. The Morgan fingerprint density at radius 1 is 1.44 bits per heavy atom. The zero-order chi connectivity index (χ0) is 11.5. The van der Waals surface area contributed by atoms with E-state index >= 15 is 0 Å². The second kappa shape index (κ2) is 5.17. The topological polar surface area (TPSA) is 49.3 Å². The lowest BCUT2D eigenvalue weighted by molar-refractivity contribution is -0.140. The molecule has 2 bridgehead atoms. The van der Waals surface area contributed by atoms with E-state index in [1.807, 2.05) is 0 Å². The first kappa shape index (κ1) is 11.9. The van der Waals surface area contributed by atoms with Crippen LogP contribution >= 0.6 is 0 Å². The molecule has 2 saturated carbocycles. The van der Waals surface area contributed by atoms with Crippen LogP contribution in [0.15, 0.2) is 0 Å². The minimum absolute atomic E-state index is 0.315. The molecule has 2 fully saturated rings. The zero-order valence-electron chi connectivity index (χ0n) is 10.1. The molecule has 0 spiro atoms. The van der Waals surface area contributed by atoms with Crippen LogP contribution in [-0.4, -0.2) is 23.2 Å². The summed E-state index contributed by atoms with van der Waals surface area (Å²) in [5.41, 5.74) is 0. The van der Waals surface area contributed by atoms with Gasteiger partial charge in [0.05, 0.1) is 0 Å². The van der Waals surface area contributed by atoms with Gasteiger partial charge in [-0.15, -0.1) is 0 Å². The molecule has 0 heterocycles. The van der Waals surface area contributed by atoms with Gasteiger partial charge in [-0.25, -0.2) is 0 Å². The molecule has 0 aromatic heterocycles. The Kier molecular flexibility index (Phi) is 3.85. The molecular weight excluding hydrogens is 202 g/mol. The zero-order valence-corrected chi connectivity index (χ0v) is 10.1. The number of hydrogen-bond donors (Lipinski definition) is 2. The third kappa shape index (κ3) is 2.57. The molecule has 0 saturated heterocycles. The number of carbonyl (C=O) groups is 1. The molecular formula is C13H23NO2. The van der Waals surface area contributed by atoms with Crippen LogP contribution in [-0.2, 0) is 4.79 Å². The van der Waals surface area contributed by atoms with Crippen molar-refractivity contribution < 1.29 is 9.90 Å². The van der Waals surface area contributed by atoms with E-state index in [1.54, 1.807) is 0 Å². The van der Waals surface area contributed by atoms with Gasteiger partial charge in [0.1, 0.15) is 6.04 Å². The van der Waals surface area contributed by atoms with Crippen LogP contribution in [0.3, 0.4) is 0 Å². The molecule has 0 radical (unpaired) electrons. The quantitative estimate of drug-likeness (QED) is 0.730. The molecule has 3 nitrogen and oxygen atoms in total. The summed E-state index contributed by atoms with van der Waals surface area (Å²) >= 11 is 0. The smallest absolute Gasteiger partial charge is 0.320 e. The van der Waals surface area contributed by atoms with E-state index in [-0.39, 0.29) is 6.04 Å². The number of unbranched alkanes of at least 4 members (excludes halogenated alkanes) is 1. The highest BCUT2D eigenvalue weighted by Gasteiger charge is 2.40. The maximum Gasteiger partial charge on any atom is 0.320 e. The van der Waals surface area contributed by atoms with Crippen molar-refractivity contribution in [2.75, 3.05) is 0 Å². The van der Waals surface area contributed by atoms with Crippen LogP contribution in [0.4, 0.5) is 0 Å². The maximum absolute atomic E-state index is 11.1. The van der Waals surface area contributed by atoms with Crippen molar-refractivity contribution in [3.8, 4) is 0 Å². The summed E-state index contributed by atoms with van der Waals surface area (Å²) in [6.07, 6.45) is 8.07. The third-order valence-corrected chi connectivity index (χ3v) is 4.30. The molecule has 4 atom stereocenters. The normalized spacial score (nSPS) is 34.2. The number of carboxylic acids is 1. The minimum Gasteiger partial charge on any atom is -0.480 e. The van der Waals surface area contributed by atoms with Crippen molar-refractivity contribution >= 4 is 5.97 Å². The van der Waals surface area contributed by atoms with Crippen molar-refractivity contribution in [1.29, 1.82) is 0 Å². The Bertz CT molecular complexity index is 254. The number of aliphatic carboxylic acids is 1. The summed E-state index contributed by atoms with van der Waals surface area (Å²) in [6.45, 7) is 2.11. The van der Waals surface area contributed by atoms with Crippen molar-refractivity contribution in [3.05, 3.63) is 0 Å². The van der Waals surface area contributed by atoms with Gasteiger partial charge in [0.25, 0.3) is 0 Å². The molecule has 92 valence electrons. The van der Waals surface area contributed by atoms with Crippen LogP contribution in [0.2, 0.25) is 0 Å². The van der Waals surface area contributed by atoms with Crippen LogP contribution in [0, 0.1) is 11.8 Å². The van der Waals surface area contributed by atoms with Crippen molar-refractivity contribution in [2.45, 2.75) is 64.0 Å². The predicted molar refractivity (Wildman–Crippen MR) is 63.3 cm³/mol. The first-order valence-corrected chi connectivity index (χ1v) is 6.69. The molecule has 2 aliphatic carbocycles. The van der Waals surface area contributed by atoms with E-state index < -0.39 is 5.97 Å². The van der Waals surface area contributed by atoms with E-state index in [4.69, 9.17) is 5.11 Å². The first-order valence-electron chi connectivity index (χ1n) is 6.69. The predicted octanol–water partition coefficient (Wildman–Crippen LogP) is 2.41. The SMILES string of the molecule is CCCC[C@H](NC1CC2CCC1C2)C(=O)O.